The third kappa shape index (κ3) is 3.71. The molecule has 5 rings (SSSR count). The normalized spacial score (nSPS) is 12.4. The summed E-state index contributed by atoms with van der Waals surface area (Å²) >= 11 is 0. The first-order chi connectivity index (χ1) is 15.3. The Labute approximate surface area is 183 Å². The highest BCUT2D eigenvalue weighted by Crippen LogP contribution is 2.38. The summed E-state index contributed by atoms with van der Waals surface area (Å²) in [6, 6.07) is 40.8. The Hall–Kier alpha value is -3.84. The number of rotatable bonds is 5. The average molecular weight is 400 g/mol. The van der Waals surface area contributed by atoms with Gasteiger partial charge in [-0.15, -0.1) is 0 Å². The van der Waals surface area contributed by atoms with Gasteiger partial charge in [-0.2, -0.15) is 0 Å². The van der Waals surface area contributed by atoms with E-state index in [9.17, 15) is 0 Å². The Morgan fingerprint density at radius 3 is 1.94 bits per heavy atom. The predicted octanol–water partition coefficient (Wildman–Crippen LogP) is 7.92. The van der Waals surface area contributed by atoms with Gasteiger partial charge in [-0.1, -0.05) is 121 Å². The third-order valence-electron chi connectivity index (χ3n) is 5.90. The van der Waals surface area contributed by atoms with Crippen molar-refractivity contribution in [3.8, 4) is 11.3 Å². The van der Waals surface area contributed by atoms with E-state index >= 15 is 0 Å². The molecule has 0 saturated carbocycles. The van der Waals surface area contributed by atoms with Crippen LogP contribution in [0.3, 0.4) is 0 Å². The molecule has 0 amide bonds. The maximum atomic E-state index is 2.49. The lowest BCUT2D eigenvalue weighted by Gasteiger charge is -2.21. The van der Waals surface area contributed by atoms with Crippen LogP contribution >= 0.6 is 0 Å². The molecule has 1 atom stereocenters. The molecule has 0 bridgehead atoms. The molecular weight excluding hydrogens is 374 g/mol. The molecule has 4 aromatic carbocycles. The fourth-order valence-electron chi connectivity index (χ4n) is 4.43. The molecule has 31 heavy (non-hydrogen) atoms. The Kier molecular flexibility index (Phi) is 5.24. The smallest absolute Gasteiger partial charge is 0.0779 e. The molecule has 0 aliphatic heterocycles. The summed E-state index contributed by atoms with van der Waals surface area (Å²) in [4.78, 5) is 0. The first kappa shape index (κ1) is 19.1. The van der Waals surface area contributed by atoms with E-state index in [0.29, 0.717) is 0 Å². The number of allylic oxidation sites excluding steroid dienone is 1. The van der Waals surface area contributed by atoms with Crippen molar-refractivity contribution in [1.29, 1.82) is 0 Å². The lowest BCUT2D eigenvalue weighted by atomic mass is 10.0. The number of fused-ring (bicyclic) bond motifs is 1. The summed E-state index contributed by atoms with van der Waals surface area (Å²) in [6.45, 7) is 2.24. The quantitative estimate of drug-likeness (QED) is 0.283. The predicted molar refractivity (Wildman–Crippen MR) is 132 cm³/mol. The van der Waals surface area contributed by atoms with Crippen LogP contribution in [-0.2, 0) is 0 Å². The van der Waals surface area contributed by atoms with Gasteiger partial charge in [0.2, 0.25) is 0 Å². The van der Waals surface area contributed by atoms with Gasteiger partial charge in [0.1, 0.15) is 0 Å². The highest BCUT2D eigenvalue weighted by molar-refractivity contribution is 5.92. The average Bonchev–Trinajstić information content (AvgIpc) is 3.14. The van der Waals surface area contributed by atoms with Crippen LogP contribution in [0.15, 0.2) is 121 Å². The molecule has 0 aliphatic carbocycles. The van der Waals surface area contributed by atoms with Gasteiger partial charge in [-0.05, 0) is 35.2 Å². The number of aryl methyl sites for hydroxylation is 1. The van der Waals surface area contributed by atoms with E-state index in [-0.39, 0.29) is 6.04 Å². The second-order valence-corrected chi connectivity index (χ2v) is 7.85. The van der Waals surface area contributed by atoms with Crippen LogP contribution in [0.25, 0.3) is 28.2 Å². The van der Waals surface area contributed by atoms with Crippen LogP contribution in [0.4, 0.5) is 0 Å². The second-order valence-electron chi connectivity index (χ2n) is 7.85. The minimum atomic E-state index is 0.0789. The van der Waals surface area contributed by atoms with Gasteiger partial charge in [-0.3, -0.25) is 0 Å². The van der Waals surface area contributed by atoms with E-state index in [1.165, 1.54) is 38.9 Å². The fraction of sp³-hybridized carbons (Fsp3) is 0.0667. The lowest BCUT2D eigenvalue weighted by Crippen LogP contribution is -2.10. The topological polar surface area (TPSA) is 4.93 Å². The van der Waals surface area contributed by atoms with Crippen molar-refractivity contribution in [2.24, 2.45) is 0 Å². The van der Waals surface area contributed by atoms with Crippen LogP contribution < -0.4 is 0 Å². The highest BCUT2D eigenvalue weighted by atomic mass is 15.0. The van der Waals surface area contributed by atoms with Crippen LogP contribution in [0.5, 0.6) is 0 Å². The summed E-state index contributed by atoms with van der Waals surface area (Å²) in [5.41, 5.74) is 7.56. The number of benzene rings is 4. The Bertz CT molecular complexity index is 1310. The number of para-hydroxylation sites is 1. The van der Waals surface area contributed by atoms with Crippen molar-refractivity contribution in [1.82, 2.24) is 4.57 Å². The van der Waals surface area contributed by atoms with Gasteiger partial charge in [0.05, 0.1) is 11.7 Å². The lowest BCUT2D eigenvalue weighted by molar-refractivity contribution is 0.737. The van der Waals surface area contributed by atoms with Crippen LogP contribution in [0.2, 0.25) is 0 Å². The summed E-state index contributed by atoms with van der Waals surface area (Å²) in [6.07, 6.45) is 4.56. The maximum Gasteiger partial charge on any atom is 0.0779 e. The van der Waals surface area contributed by atoms with Gasteiger partial charge in [0, 0.05) is 10.9 Å². The summed E-state index contributed by atoms with van der Waals surface area (Å²) in [5.74, 6) is 0. The first-order valence-corrected chi connectivity index (χ1v) is 10.8. The molecule has 5 aromatic rings. The zero-order valence-electron chi connectivity index (χ0n) is 17.6. The molecule has 150 valence electrons. The van der Waals surface area contributed by atoms with Crippen molar-refractivity contribution in [2.75, 3.05) is 0 Å². The van der Waals surface area contributed by atoms with Crippen molar-refractivity contribution in [3.05, 3.63) is 138 Å². The van der Waals surface area contributed by atoms with Crippen molar-refractivity contribution >= 4 is 17.0 Å². The Balaban J connectivity index is 1.78. The van der Waals surface area contributed by atoms with E-state index in [1.54, 1.807) is 0 Å². The molecule has 1 nitrogen and oxygen atoms in total. The molecule has 1 aromatic heterocycles. The van der Waals surface area contributed by atoms with E-state index in [0.717, 1.165) is 0 Å². The SMILES string of the molecule is Cc1c(-c2ccccc2)n([C@H](/C=C/c2ccccc2)c2ccccc2)c2ccccc12. The molecule has 1 heteroatoms. The summed E-state index contributed by atoms with van der Waals surface area (Å²) in [5, 5.41) is 1.30. The summed E-state index contributed by atoms with van der Waals surface area (Å²) < 4.78 is 2.49. The van der Waals surface area contributed by atoms with E-state index in [4.69, 9.17) is 0 Å². The molecule has 0 unspecified atom stereocenters. The van der Waals surface area contributed by atoms with Crippen molar-refractivity contribution in [3.63, 3.8) is 0 Å². The molecule has 1 heterocycles. The highest BCUT2D eigenvalue weighted by Gasteiger charge is 2.21. The molecule has 0 spiro atoms. The van der Waals surface area contributed by atoms with Gasteiger partial charge in [0.15, 0.2) is 0 Å². The van der Waals surface area contributed by atoms with Gasteiger partial charge in [-0.25, -0.2) is 0 Å². The monoisotopic (exact) mass is 399 g/mol. The molecule has 0 saturated heterocycles. The minimum Gasteiger partial charge on any atom is -0.329 e. The van der Waals surface area contributed by atoms with Gasteiger partial charge < -0.3 is 4.57 Å². The number of aromatic nitrogens is 1. The van der Waals surface area contributed by atoms with Crippen LogP contribution in [0, 0.1) is 6.92 Å². The molecular formula is C30H25N. The molecule has 0 radical (unpaired) electrons. The second kappa shape index (κ2) is 8.49. The Morgan fingerprint density at radius 1 is 0.645 bits per heavy atom. The number of hydrogen-bond acceptors (Lipinski definition) is 0. The Morgan fingerprint density at radius 2 is 1.23 bits per heavy atom. The molecule has 0 N–H and O–H groups in total. The number of hydrogen-bond donors (Lipinski definition) is 0. The first-order valence-electron chi connectivity index (χ1n) is 10.8. The minimum absolute atomic E-state index is 0.0789. The van der Waals surface area contributed by atoms with E-state index in [2.05, 4.69) is 139 Å². The van der Waals surface area contributed by atoms with Crippen molar-refractivity contribution < 1.29 is 0 Å². The molecule has 0 aliphatic rings. The zero-order chi connectivity index (χ0) is 21.0. The molecule has 0 fully saturated rings. The largest absolute Gasteiger partial charge is 0.329 e. The van der Waals surface area contributed by atoms with Crippen LogP contribution in [-0.4, -0.2) is 4.57 Å². The fourth-order valence-corrected chi connectivity index (χ4v) is 4.43. The van der Waals surface area contributed by atoms with E-state index < -0.39 is 0 Å². The number of nitrogens with zero attached hydrogens (tertiary/aromatic N) is 1. The van der Waals surface area contributed by atoms with Crippen molar-refractivity contribution in [2.45, 2.75) is 13.0 Å². The van der Waals surface area contributed by atoms with Gasteiger partial charge >= 0.3 is 0 Å². The summed E-state index contributed by atoms with van der Waals surface area (Å²) in [7, 11) is 0. The third-order valence-corrected chi connectivity index (χ3v) is 5.90. The van der Waals surface area contributed by atoms with Crippen LogP contribution in [0.1, 0.15) is 22.7 Å². The maximum absolute atomic E-state index is 2.49. The van der Waals surface area contributed by atoms with E-state index in [1.807, 2.05) is 0 Å². The zero-order valence-corrected chi connectivity index (χ0v) is 17.6. The van der Waals surface area contributed by atoms with Gasteiger partial charge in [0.25, 0.3) is 0 Å². The standard InChI is InChI=1S/C30H25N/c1-23-27-19-11-12-20-29(27)31(30(23)26-17-9-4-10-18-26)28(25-15-7-3-8-16-25)22-21-24-13-5-2-6-14-24/h2-22,28H,1H3/b22-21+/t28-/m1/s1.